The highest BCUT2D eigenvalue weighted by molar-refractivity contribution is 5.41. The van der Waals surface area contributed by atoms with Crippen LogP contribution in [0.1, 0.15) is 37.1 Å². The molecule has 0 atom stereocenters. The van der Waals surface area contributed by atoms with Gasteiger partial charge in [0.1, 0.15) is 11.6 Å². The molecule has 0 aromatic carbocycles. The van der Waals surface area contributed by atoms with Crippen LogP contribution in [0.5, 0.6) is 0 Å². The molecule has 0 saturated carbocycles. The lowest BCUT2D eigenvalue weighted by Crippen LogP contribution is -2.39. The maximum Gasteiger partial charge on any atom is 0.164 e. The van der Waals surface area contributed by atoms with Gasteiger partial charge in [-0.2, -0.15) is 0 Å². The second kappa shape index (κ2) is 4.02. The molecule has 0 bridgehead atoms. The molecule has 1 fully saturated rings. The van der Waals surface area contributed by atoms with Crippen LogP contribution < -0.4 is 5.32 Å². The van der Waals surface area contributed by atoms with E-state index in [1.54, 1.807) is 0 Å². The quantitative estimate of drug-likeness (QED) is 0.824. The predicted octanol–water partition coefficient (Wildman–Crippen LogP) is 1.38. The van der Waals surface area contributed by atoms with Crippen LogP contribution in [0.2, 0.25) is 0 Å². The van der Waals surface area contributed by atoms with Crippen molar-refractivity contribution in [3.05, 3.63) is 23.4 Å². The Morgan fingerprint density at radius 1 is 1.22 bits per heavy atom. The summed E-state index contributed by atoms with van der Waals surface area (Å²) in [6, 6.07) is 1.99. The Kier molecular flexibility index (Phi) is 2.59. The number of piperidine rings is 1. The first-order valence-electron chi connectivity index (χ1n) is 6.51. The number of aryl methyl sites for hydroxylation is 2. The highest BCUT2D eigenvalue weighted by atomic mass is 15.3. The fourth-order valence-corrected chi connectivity index (χ4v) is 2.83. The van der Waals surface area contributed by atoms with E-state index in [1.807, 2.05) is 19.9 Å². The van der Waals surface area contributed by atoms with Gasteiger partial charge in [0.15, 0.2) is 5.65 Å². The summed E-state index contributed by atoms with van der Waals surface area (Å²) in [4.78, 5) is 4.53. The minimum atomic E-state index is 0.104. The smallest absolute Gasteiger partial charge is 0.164 e. The molecule has 1 saturated heterocycles. The Labute approximate surface area is 107 Å². The summed E-state index contributed by atoms with van der Waals surface area (Å²) < 4.78 is 2.11. The molecule has 2 aromatic heterocycles. The lowest BCUT2D eigenvalue weighted by Gasteiger charge is -2.32. The molecule has 5 heteroatoms. The van der Waals surface area contributed by atoms with E-state index in [0.717, 1.165) is 48.9 Å². The van der Waals surface area contributed by atoms with Crippen molar-refractivity contribution in [3.8, 4) is 0 Å². The fraction of sp³-hybridized carbons (Fsp3) is 0.615. The van der Waals surface area contributed by atoms with Gasteiger partial charge in [-0.3, -0.25) is 4.40 Å². The van der Waals surface area contributed by atoms with E-state index in [-0.39, 0.29) is 5.41 Å². The van der Waals surface area contributed by atoms with Gasteiger partial charge in [-0.05, 0) is 39.8 Å². The number of aromatic nitrogens is 4. The average Bonchev–Trinajstić information content (AvgIpc) is 2.74. The largest absolute Gasteiger partial charge is 0.317 e. The van der Waals surface area contributed by atoms with Gasteiger partial charge in [-0.1, -0.05) is 6.92 Å². The average molecular weight is 245 g/mol. The molecule has 1 aliphatic rings. The van der Waals surface area contributed by atoms with E-state index in [9.17, 15) is 0 Å². The molecule has 18 heavy (non-hydrogen) atoms. The van der Waals surface area contributed by atoms with Crippen molar-refractivity contribution < 1.29 is 0 Å². The van der Waals surface area contributed by atoms with E-state index < -0.39 is 0 Å². The standard InChI is InChI=1S/C13H19N5/c1-9-8-11-16-17-12(18(11)10(2)15-9)13(3)4-6-14-7-5-13/h8,14H,4-7H2,1-3H3. The Morgan fingerprint density at radius 3 is 2.67 bits per heavy atom. The van der Waals surface area contributed by atoms with Crippen molar-refractivity contribution in [1.29, 1.82) is 0 Å². The summed E-state index contributed by atoms with van der Waals surface area (Å²) in [5, 5.41) is 12.2. The van der Waals surface area contributed by atoms with Gasteiger partial charge in [0, 0.05) is 17.2 Å². The number of fused-ring (bicyclic) bond motifs is 1. The number of nitrogens with one attached hydrogen (secondary N) is 1. The van der Waals surface area contributed by atoms with Crippen LogP contribution in [0.25, 0.3) is 5.65 Å². The molecular formula is C13H19N5. The first-order valence-corrected chi connectivity index (χ1v) is 6.51. The molecule has 0 radical (unpaired) electrons. The first-order chi connectivity index (χ1) is 8.60. The van der Waals surface area contributed by atoms with Gasteiger partial charge in [-0.15, -0.1) is 10.2 Å². The molecule has 3 heterocycles. The van der Waals surface area contributed by atoms with Crippen molar-refractivity contribution >= 4 is 5.65 Å². The van der Waals surface area contributed by atoms with Crippen LogP contribution >= 0.6 is 0 Å². The zero-order valence-corrected chi connectivity index (χ0v) is 11.2. The van der Waals surface area contributed by atoms with Gasteiger partial charge in [-0.25, -0.2) is 4.98 Å². The number of hydrogen-bond donors (Lipinski definition) is 1. The molecule has 1 N–H and O–H groups in total. The summed E-state index contributed by atoms with van der Waals surface area (Å²) >= 11 is 0. The first kappa shape index (κ1) is 11.6. The molecule has 96 valence electrons. The van der Waals surface area contributed by atoms with E-state index in [0.29, 0.717) is 0 Å². The summed E-state index contributed by atoms with van der Waals surface area (Å²) in [5.41, 5.74) is 2.01. The second-order valence-corrected chi connectivity index (χ2v) is 5.47. The van der Waals surface area contributed by atoms with E-state index >= 15 is 0 Å². The van der Waals surface area contributed by atoms with Gasteiger partial charge in [0.2, 0.25) is 0 Å². The molecule has 0 aliphatic carbocycles. The monoisotopic (exact) mass is 245 g/mol. The van der Waals surface area contributed by atoms with Gasteiger partial charge >= 0.3 is 0 Å². The van der Waals surface area contributed by atoms with Gasteiger partial charge in [0.05, 0.1) is 0 Å². The molecule has 5 nitrogen and oxygen atoms in total. The van der Waals surface area contributed by atoms with Crippen molar-refractivity contribution in [2.24, 2.45) is 0 Å². The molecule has 3 rings (SSSR count). The van der Waals surface area contributed by atoms with E-state index in [2.05, 4.69) is 31.8 Å². The Bertz CT molecular complexity index is 580. The highest BCUT2D eigenvalue weighted by Crippen LogP contribution is 2.32. The third kappa shape index (κ3) is 1.70. The Balaban J connectivity index is 2.17. The van der Waals surface area contributed by atoms with E-state index in [4.69, 9.17) is 0 Å². The molecular weight excluding hydrogens is 226 g/mol. The Morgan fingerprint density at radius 2 is 1.94 bits per heavy atom. The molecule has 0 spiro atoms. The maximum atomic E-state index is 4.53. The second-order valence-electron chi connectivity index (χ2n) is 5.47. The number of nitrogens with zero attached hydrogens (tertiary/aromatic N) is 4. The fourth-order valence-electron chi connectivity index (χ4n) is 2.83. The zero-order valence-electron chi connectivity index (χ0n) is 11.2. The van der Waals surface area contributed by atoms with E-state index in [1.165, 1.54) is 0 Å². The van der Waals surface area contributed by atoms with Crippen molar-refractivity contribution in [2.75, 3.05) is 13.1 Å². The summed E-state index contributed by atoms with van der Waals surface area (Å²) in [7, 11) is 0. The summed E-state index contributed by atoms with van der Waals surface area (Å²) in [6.45, 7) is 8.39. The molecule has 0 amide bonds. The maximum absolute atomic E-state index is 4.53. The SMILES string of the molecule is Cc1cc2nnc(C3(C)CCNCC3)n2c(C)n1. The predicted molar refractivity (Wildman–Crippen MR) is 69.7 cm³/mol. The summed E-state index contributed by atoms with van der Waals surface area (Å²) in [6.07, 6.45) is 2.20. The third-order valence-electron chi connectivity index (χ3n) is 3.93. The van der Waals surface area contributed by atoms with Crippen LogP contribution in [-0.2, 0) is 5.41 Å². The van der Waals surface area contributed by atoms with Crippen molar-refractivity contribution in [1.82, 2.24) is 24.9 Å². The number of hydrogen-bond acceptors (Lipinski definition) is 4. The van der Waals surface area contributed by atoms with Crippen LogP contribution in [0, 0.1) is 13.8 Å². The number of rotatable bonds is 1. The van der Waals surface area contributed by atoms with Crippen LogP contribution in [-0.4, -0.2) is 32.7 Å². The van der Waals surface area contributed by atoms with Crippen molar-refractivity contribution in [3.63, 3.8) is 0 Å². The normalized spacial score (nSPS) is 19.3. The van der Waals surface area contributed by atoms with Crippen LogP contribution in [0.3, 0.4) is 0 Å². The highest BCUT2D eigenvalue weighted by Gasteiger charge is 2.33. The van der Waals surface area contributed by atoms with Crippen LogP contribution in [0.4, 0.5) is 0 Å². The lowest BCUT2D eigenvalue weighted by atomic mass is 9.80. The zero-order chi connectivity index (χ0) is 12.8. The van der Waals surface area contributed by atoms with Crippen LogP contribution in [0.15, 0.2) is 6.07 Å². The minimum absolute atomic E-state index is 0.104. The van der Waals surface area contributed by atoms with Crippen molar-refractivity contribution in [2.45, 2.75) is 39.0 Å². The molecule has 0 unspecified atom stereocenters. The lowest BCUT2D eigenvalue weighted by molar-refractivity contribution is 0.316. The topological polar surface area (TPSA) is 55.1 Å². The third-order valence-corrected chi connectivity index (χ3v) is 3.93. The molecule has 1 aliphatic heterocycles. The van der Waals surface area contributed by atoms with Gasteiger partial charge < -0.3 is 5.32 Å². The Hall–Kier alpha value is -1.49. The summed E-state index contributed by atoms with van der Waals surface area (Å²) in [5.74, 6) is 2.04. The minimum Gasteiger partial charge on any atom is -0.317 e. The molecule has 2 aromatic rings. The van der Waals surface area contributed by atoms with Gasteiger partial charge in [0.25, 0.3) is 0 Å².